The molecule has 3 heterocycles. The summed E-state index contributed by atoms with van der Waals surface area (Å²) in [4.78, 5) is 28.5. The number of carbonyl (C=O) groups excluding carboxylic acids is 1. The summed E-state index contributed by atoms with van der Waals surface area (Å²) in [6, 6.07) is 8.16. The molecule has 2 aromatic rings. The Morgan fingerprint density at radius 1 is 1.16 bits per heavy atom. The summed E-state index contributed by atoms with van der Waals surface area (Å²) in [6.45, 7) is 10.8. The maximum Gasteiger partial charge on any atom is 0.239 e. The first kappa shape index (κ1) is 22.3. The molecule has 0 spiro atoms. The molecule has 1 aromatic carbocycles. The number of carbonyl (C=O) groups is 1. The van der Waals surface area contributed by atoms with Gasteiger partial charge in [-0.15, -0.1) is 0 Å². The number of aliphatic imine (C=N–C) groups is 1. The molecule has 2 aliphatic heterocycles. The molecule has 1 amide bonds. The Kier molecular flexibility index (Phi) is 7.36. The molecule has 1 unspecified atom stereocenters. The van der Waals surface area contributed by atoms with Gasteiger partial charge in [0.2, 0.25) is 5.91 Å². The number of rotatable bonds is 6. The minimum absolute atomic E-state index is 0.0476. The Morgan fingerprint density at radius 3 is 2.62 bits per heavy atom. The van der Waals surface area contributed by atoms with E-state index in [0.717, 1.165) is 81.6 Å². The van der Waals surface area contributed by atoms with Crippen LogP contribution in [0.15, 0.2) is 35.6 Å². The molecule has 2 saturated heterocycles. The quantitative estimate of drug-likeness (QED) is 0.525. The smallest absolute Gasteiger partial charge is 0.239 e. The summed E-state index contributed by atoms with van der Waals surface area (Å²) in [5, 5.41) is 10.3. The third kappa shape index (κ3) is 5.27. The zero-order valence-electron chi connectivity index (χ0n) is 19.1. The van der Waals surface area contributed by atoms with Crippen molar-refractivity contribution in [2.45, 2.75) is 39.3 Å². The van der Waals surface area contributed by atoms with Crippen LogP contribution in [0.4, 0.5) is 0 Å². The largest absolute Gasteiger partial charge is 0.357 e. The highest BCUT2D eigenvalue weighted by Gasteiger charge is 2.30. The molecule has 2 fully saturated rings. The van der Waals surface area contributed by atoms with Crippen LogP contribution in [-0.4, -0.2) is 93.6 Å². The topological polar surface area (TPSA) is 92.7 Å². The first-order chi connectivity index (χ1) is 15.7. The van der Waals surface area contributed by atoms with Crippen molar-refractivity contribution in [3.8, 4) is 11.4 Å². The molecule has 172 valence electrons. The van der Waals surface area contributed by atoms with Crippen molar-refractivity contribution in [1.82, 2.24) is 35.2 Å². The van der Waals surface area contributed by atoms with Crippen LogP contribution in [0.1, 0.15) is 32.3 Å². The number of likely N-dealkylation sites (tertiary alicyclic amines) is 1. The van der Waals surface area contributed by atoms with E-state index in [1.165, 1.54) is 6.33 Å². The molecular formula is C23H34N8O. The van der Waals surface area contributed by atoms with Crippen LogP contribution in [0.25, 0.3) is 11.4 Å². The van der Waals surface area contributed by atoms with E-state index in [9.17, 15) is 4.79 Å². The van der Waals surface area contributed by atoms with Crippen LogP contribution >= 0.6 is 0 Å². The Labute approximate surface area is 189 Å². The Morgan fingerprint density at radius 2 is 1.94 bits per heavy atom. The van der Waals surface area contributed by atoms with Crippen molar-refractivity contribution >= 4 is 11.9 Å². The van der Waals surface area contributed by atoms with Crippen LogP contribution in [0, 0.1) is 0 Å². The summed E-state index contributed by atoms with van der Waals surface area (Å²) >= 11 is 0. The van der Waals surface area contributed by atoms with E-state index in [4.69, 9.17) is 4.99 Å². The predicted molar refractivity (Wildman–Crippen MR) is 125 cm³/mol. The number of aromatic amines is 1. The fourth-order valence-corrected chi connectivity index (χ4v) is 4.43. The maximum atomic E-state index is 12.8. The van der Waals surface area contributed by atoms with Gasteiger partial charge in [-0.05, 0) is 38.3 Å². The molecule has 2 aliphatic rings. The van der Waals surface area contributed by atoms with E-state index >= 15 is 0 Å². The summed E-state index contributed by atoms with van der Waals surface area (Å²) in [7, 11) is 0. The number of amides is 1. The molecule has 0 bridgehead atoms. The molecule has 32 heavy (non-hydrogen) atoms. The fourth-order valence-electron chi connectivity index (χ4n) is 4.43. The molecule has 0 saturated carbocycles. The summed E-state index contributed by atoms with van der Waals surface area (Å²) in [6.07, 6.45) is 3.79. The van der Waals surface area contributed by atoms with Crippen molar-refractivity contribution < 1.29 is 4.79 Å². The van der Waals surface area contributed by atoms with Crippen molar-refractivity contribution in [2.75, 3.05) is 45.8 Å². The molecule has 9 heteroatoms. The van der Waals surface area contributed by atoms with E-state index < -0.39 is 0 Å². The summed E-state index contributed by atoms with van der Waals surface area (Å²) in [5.74, 6) is 1.97. The van der Waals surface area contributed by atoms with Gasteiger partial charge >= 0.3 is 0 Å². The van der Waals surface area contributed by atoms with Crippen molar-refractivity contribution in [1.29, 1.82) is 0 Å². The average molecular weight is 439 g/mol. The summed E-state index contributed by atoms with van der Waals surface area (Å²) < 4.78 is 0. The highest BCUT2D eigenvalue weighted by atomic mass is 16.2. The lowest BCUT2D eigenvalue weighted by atomic mass is 10.1. The van der Waals surface area contributed by atoms with Crippen LogP contribution in [0.3, 0.4) is 0 Å². The minimum atomic E-state index is -0.0476. The molecule has 2 N–H and O–H groups in total. The zero-order chi connectivity index (χ0) is 22.3. The molecule has 4 rings (SSSR count). The fraction of sp³-hybridized carbons (Fsp3) is 0.565. The van der Waals surface area contributed by atoms with Gasteiger partial charge in [-0.1, -0.05) is 18.2 Å². The van der Waals surface area contributed by atoms with Crippen LogP contribution in [0.2, 0.25) is 0 Å². The number of aromatic nitrogens is 3. The van der Waals surface area contributed by atoms with Gasteiger partial charge in [0.15, 0.2) is 11.8 Å². The van der Waals surface area contributed by atoms with Crippen LogP contribution < -0.4 is 5.32 Å². The highest BCUT2D eigenvalue weighted by Crippen LogP contribution is 2.17. The first-order valence-corrected chi connectivity index (χ1v) is 11.7. The lowest BCUT2D eigenvalue weighted by Gasteiger charge is -2.39. The van der Waals surface area contributed by atoms with Crippen molar-refractivity contribution in [3.63, 3.8) is 0 Å². The van der Waals surface area contributed by atoms with Gasteiger partial charge in [-0.2, -0.15) is 5.10 Å². The lowest BCUT2D eigenvalue weighted by molar-refractivity contribution is -0.135. The van der Waals surface area contributed by atoms with Gasteiger partial charge < -0.3 is 15.1 Å². The Hall–Kier alpha value is -2.94. The van der Waals surface area contributed by atoms with E-state index in [1.54, 1.807) is 0 Å². The first-order valence-electron chi connectivity index (χ1n) is 11.7. The second kappa shape index (κ2) is 10.6. The normalized spacial score (nSPS) is 18.8. The number of hydrogen-bond donors (Lipinski definition) is 2. The number of benzene rings is 1. The van der Waals surface area contributed by atoms with Gasteiger partial charge in [-0.25, -0.2) is 9.98 Å². The van der Waals surface area contributed by atoms with Crippen LogP contribution in [-0.2, 0) is 11.3 Å². The molecule has 0 aliphatic carbocycles. The summed E-state index contributed by atoms with van der Waals surface area (Å²) in [5.41, 5.74) is 2.13. The van der Waals surface area contributed by atoms with Crippen molar-refractivity contribution in [2.24, 2.45) is 4.99 Å². The standard InChI is InChI=1S/C23H34N8O/c1-3-24-23(25-16-19-7-6-8-20(15-19)21-26-17-27-28-21)31-13-11-29(12-14-31)18(2)22(32)30-9-4-5-10-30/h6-8,15,17-18H,3-5,9-14,16H2,1-2H3,(H,24,25)(H,26,27,28). The number of guanidine groups is 1. The molecule has 0 radical (unpaired) electrons. The van der Waals surface area contributed by atoms with E-state index in [2.05, 4.69) is 56.3 Å². The number of hydrogen-bond acceptors (Lipinski definition) is 5. The molecule has 1 atom stereocenters. The Balaban J connectivity index is 1.35. The van der Waals surface area contributed by atoms with E-state index in [-0.39, 0.29) is 11.9 Å². The minimum Gasteiger partial charge on any atom is -0.357 e. The SMILES string of the molecule is CCNC(=NCc1cccc(-c2ncn[nH]2)c1)N1CCN(C(C)C(=O)N2CCCC2)CC1. The second-order valence-corrected chi connectivity index (χ2v) is 8.44. The van der Waals surface area contributed by atoms with Gasteiger partial charge in [0, 0.05) is 51.4 Å². The number of nitrogens with zero attached hydrogens (tertiary/aromatic N) is 6. The molecular weight excluding hydrogens is 404 g/mol. The zero-order valence-corrected chi connectivity index (χ0v) is 19.1. The van der Waals surface area contributed by atoms with E-state index in [0.29, 0.717) is 6.54 Å². The van der Waals surface area contributed by atoms with E-state index in [1.807, 2.05) is 17.0 Å². The third-order valence-electron chi connectivity index (χ3n) is 6.30. The van der Waals surface area contributed by atoms with Gasteiger partial charge in [0.25, 0.3) is 0 Å². The van der Waals surface area contributed by atoms with Gasteiger partial charge in [0.05, 0.1) is 12.6 Å². The van der Waals surface area contributed by atoms with Crippen LogP contribution in [0.5, 0.6) is 0 Å². The molecule has 1 aromatic heterocycles. The number of nitrogens with one attached hydrogen (secondary N) is 2. The molecule has 9 nitrogen and oxygen atoms in total. The number of piperazine rings is 1. The maximum absolute atomic E-state index is 12.8. The second-order valence-electron chi connectivity index (χ2n) is 8.44. The third-order valence-corrected chi connectivity index (χ3v) is 6.30. The van der Waals surface area contributed by atoms with Crippen molar-refractivity contribution in [3.05, 3.63) is 36.2 Å². The number of H-pyrrole nitrogens is 1. The highest BCUT2D eigenvalue weighted by molar-refractivity contribution is 5.82. The average Bonchev–Trinajstić information content (AvgIpc) is 3.56. The lowest BCUT2D eigenvalue weighted by Crippen LogP contribution is -2.57. The predicted octanol–water partition coefficient (Wildman–Crippen LogP) is 1.57. The Bertz CT molecular complexity index is 898. The van der Waals surface area contributed by atoms with Gasteiger partial charge in [-0.3, -0.25) is 14.8 Å². The monoisotopic (exact) mass is 438 g/mol. The van der Waals surface area contributed by atoms with Gasteiger partial charge in [0.1, 0.15) is 6.33 Å².